The number of halogens is 2. The minimum Gasteiger partial charge on any atom is -0.322 e. The maximum Gasteiger partial charge on any atom is 0.329 e. The average molecular weight is 406 g/mol. The van der Waals surface area contributed by atoms with Gasteiger partial charge in [-0.15, -0.1) is 0 Å². The summed E-state index contributed by atoms with van der Waals surface area (Å²) < 4.78 is 26.0. The number of benzene rings is 1. The third-order valence-corrected chi connectivity index (χ3v) is 4.60. The minimum absolute atomic E-state index is 0.129. The van der Waals surface area contributed by atoms with Gasteiger partial charge in [0.2, 0.25) is 0 Å². The molecule has 0 saturated carbocycles. The van der Waals surface area contributed by atoms with E-state index in [1.807, 2.05) is 6.92 Å². The van der Waals surface area contributed by atoms with Gasteiger partial charge in [0.1, 0.15) is 5.65 Å². The van der Waals surface area contributed by atoms with Crippen LogP contribution in [0.5, 0.6) is 0 Å². The molecule has 28 heavy (non-hydrogen) atoms. The van der Waals surface area contributed by atoms with E-state index in [-0.39, 0.29) is 16.6 Å². The van der Waals surface area contributed by atoms with E-state index in [1.54, 1.807) is 0 Å². The Bertz CT molecular complexity index is 1130. The number of aryl methyl sites for hydroxylation is 1. The van der Waals surface area contributed by atoms with Crippen molar-refractivity contribution in [3.8, 4) is 0 Å². The van der Waals surface area contributed by atoms with Gasteiger partial charge in [0.25, 0.3) is 17.2 Å². The van der Waals surface area contributed by atoms with Crippen LogP contribution in [0, 0.1) is 0 Å². The third-order valence-electron chi connectivity index (χ3n) is 3.88. The zero-order chi connectivity index (χ0) is 20.3. The first-order valence-electron chi connectivity index (χ1n) is 8.38. The monoisotopic (exact) mass is 406 g/mol. The number of hydrogen-bond acceptors (Lipinski definition) is 5. The van der Waals surface area contributed by atoms with Crippen LogP contribution in [0.4, 0.5) is 14.5 Å². The molecule has 2 N–H and O–H groups in total. The fraction of sp³-hybridized carbons (Fsp3) is 0.222. The van der Waals surface area contributed by atoms with Crippen LogP contribution in [0.25, 0.3) is 11.0 Å². The van der Waals surface area contributed by atoms with Crippen LogP contribution in [-0.4, -0.2) is 26.2 Å². The third kappa shape index (κ3) is 4.28. The van der Waals surface area contributed by atoms with E-state index in [2.05, 4.69) is 15.3 Å². The van der Waals surface area contributed by atoms with Crippen LogP contribution < -0.4 is 16.6 Å². The Morgan fingerprint density at radius 1 is 1.29 bits per heavy atom. The fourth-order valence-electron chi connectivity index (χ4n) is 2.65. The highest BCUT2D eigenvalue weighted by Gasteiger charge is 2.13. The van der Waals surface area contributed by atoms with E-state index >= 15 is 0 Å². The summed E-state index contributed by atoms with van der Waals surface area (Å²) in [6.07, 6.45) is 1.95. The highest BCUT2D eigenvalue weighted by Crippen LogP contribution is 2.26. The van der Waals surface area contributed by atoms with Crippen LogP contribution >= 0.6 is 11.8 Å². The maximum atomic E-state index is 12.5. The number of H-pyrrole nitrogens is 1. The van der Waals surface area contributed by atoms with Crippen LogP contribution in [-0.2, 0) is 6.54 Å². The number of aromatic nitrogens is 3. The van der Waals surface area contributed by atoms with Gasteiger partial charge in [0, 0.05) is 23.3 Å². The first kappa shape index (κ1) is 19.7. The lowest BCUT2D eigenvalue weighted by atomic mass is 10.2. The van der Waals surface area contributed by atoms with Crippen molar-refractivity contribution in [2.45, 2.75) is 30.5 Å². The van der Waals surface area contributed by atoms with Crippen molar-refractivity contribution in [2.75, 3.05) is 5.32 Å². The van der Waals surface area contributed by atoms with Gasteiger partial charge in [-0.3, -0.25) is 19.1 Å². The Morgan fingerprint density at radius 2 is 2.00 bits per heavy atom. The molecule has 0 spiro atoms. The molecule has 0 radical (unpaired) electrons. The quantitative estimate of drug-likeness (QED) is 0.614. The molecule has 0 aliphatic heterocycles. The molecule has 0 atom stereocenters. The second-order valence-electron chi connectivity index (χ2n) is 5.86. The Kier molecular flexibility index (Phi) is 5.88. The minimum atomic E-state index is -2.52. The number of hydrogen-bond donors (Lipinski definition) is 2. The molecule has 1 aromatic carbocycles. The smallest absolute Gasteiger partial charge is 0.322 e. The van der Waals surface area contributed by atoms with Crippen LogP contribution in [0.1, 0.15) is 23.7 Å². The summed E-state index contributed by atoms with van der Waals surface area (Å²) >= 11 is 0.410. The number of thioether (sulfide) groups is 1. The van der Waals surface area contributed by atoms with E-state index in [1.165, 1.54) is 41.1 Å². The van der Waals surface area contributed by atoms with Crippen molar-refractivity contribution in [3.05, 3.63) is 62.9 Å². The Balaban J connectivity index is 1.88. The second-order valence-corrected chi connectivity index (χ2v) is 6.93. The number of alkyl halides is 2. The predicted molar refractivity (Wildman–Crippen MR) is 103 cm³/mol. The van der Waals surface area contributed by atoms with Crippen molar-refractivity contribution in [3.63, 3.8) is 0 Å². The van der Waals surface area contributed by atoms with Gasteiger partial charge in [0.05, 0.1) is 10.9 Å². The Morgan fingerprint density at radius 3 is 2.64 bits per heavy atom. The molecule has 0 fully saturated rings. The molecule has 1 amide bonds. The normalized spacial score (nSPS) is 11.1. The van der Waals surface area contributed by atoms with E-state index in [0.717, 1.165) is 0 Å². The molecule has 0 saturated heterocycles. The second kappa shape index (κ2) is 8.34. The molecule has 0 aliphatic rings. The largest absolute Gasteiger partial charge is 0.329 e. The molecule has 10 heteroatoms. The van der Waals surface area contributed by atoms with Gasteiger partial charge in [-0.1, -0.05) is 18.7 Å². The lowest BCUT2D eigenvalue weighted by Crippen LogP contribution is -2.31. The number of amides is 1. The summed E-state index contributed by atoms with van der Waals surface area (Å²) in [7, 11) is 0. The zero-order valence-corrected chi connectivity index (χ0v) is 15.6. The molecule has 2 aromatic heterocycles. The van der Waals surface area contributed by atoms with E-state index < -0.39 is 22.9 Å². The molecular weight excluding hydrogens is 390 g/mol. The summed E-state index contributed by atoms with van der Waals surface area (Å²) in [5, 5.41) is 2.75. The van der Waals surface area contributed by atoms with Crippen LogP contribution in [0.3, 0.4) is 0 Å². The van der Waals surface area contributed by atoms with Gasteiger partial charge in [-0.2, -0.15) is 8.78 Å². The lowest BCUT2D eigenvalue weighted by Gasteiger charge is -2.09. The fourth-order valence-corrected chi connectivity index (χ4v) is 3.15. The standard InChI is InChI=1S/C18H16F2N4O3S/c1-2-7-24-14-13(16(26)23-18(24)27)8-10(9-21-14)15(25)22-11-3-5-12(6-4-11)28-17(19)20/h3-6,8-9,17H,2,7H2,1H3,(H,22,25)(H,23,26,27). The van der Waals surface area contributed by atoms with Gasteiger partial charge < -0.3 is 5.32 Å². The first-order chi connectivity index (χ1) is 13.4. The predicted octanol–water partition coefficient (Wildman–Crippen LogP) is 3.06. The van der Waals surface area contributed by atoms with Crippen LogP contribution in [0.15, 0.2) is 51.0 Å². The number of rotatable bonds is 6. The number of anilines is 1. The Labute approximate surface area is 161 Å². The van der Waals surface area contributed by atoms with Gasteiger partial charge in [0.15, 0.2) is 0 Å². The first-order valence-corrected chi connectivity index (χ1v) is 9.26. The highest BCUT2D eigenvalue weighted by molar-refractivity contribution is 7.99. The topological polar surface area (TPSA) is 96.9 Å². The molecule has 3 aromatic rings. The highest BCUT2D eigenvalue weighted by atomic mass is 32.2. The number of aromatic amines is 1. The molecule has 2 heterocycles. The molecule has 146 valence electrons. The number of carbonyl (C=O) groups excluding carboxylic acids is 1. The summed E-state index contributed by atoms with van der Waals surface area (Å²) in [4.78, 5) is 43.2. The molecule has 7 nitrogen and oxygen atoms in total. The Hall–Kier alpha value is -3.01. The van der Waals surface area contributed by atoms with Crippen molar-refractivity contribution < 1.29 is 13.6 Å². The molecule has 0 aliphatic carbocycles. The number of fused-ring (bicyclic) bond motifs is 1. The van der Waals surface area contributed by atoms with Crippen molar-refractivity contribution in [1.82, 2.24) is 14.5 Å². The van der Waals surface area contributed by atoms with E-state index in [9.17, 15) is 23.2 Å². The molecule has 0 bridgehead atoms. The zero-order valence-electron chi connectivity index (χ0n) is 14.7. The molecular formula is C18H16F2N4O3S. The van der Waals surface area contributed by atoms with E-state index in [4.69, 9.17) is 0 Å². The van der Waals surface area contributed by atoms with E-state index in [0.29, 0.717) is 35.3 Å². The van der Waals surface area contributed by atoms with Crippen molar-refractivity contribution in [2.24, 2.45) is 0 Å². The van der Waals surface area contributed by atoms with Crippen molar-refractivity contribution >= 4 is 34.4 Å². The SMILES string of the molecule is CCCn1c(=O)[nH]c(=O)c2cc(C(=O)Nc3ccc(SC(F)F)cc3)cnc21. The summed E-state index contributed by atoms with van der Waals surface area (Å²) in [6, 6.07) is 7.31. The number of nitrogens with zero attached hydrogens (tertiary/aromatic N) is 2. The molecule has 3 rings (SSSR count). The number of carbonyl (C=O) groups is 1. The van der Waals surface area contributed by atoms with Crippen molar-refractivity contribution in [1.29, 1.82) is 0 Å². The summed E-state index contributed by atoms with van der Waals surface area (Å²) in [5.41, 5.74) is -0.423. The lowest BCUT2D eigenvalue weighted by molar-refractivity contribution is 0.102. The number of nitrogens with one attached hydrogen (secondary N) is 2. The average Bonchev–Trinajstić information content (AvgIpc) is 2.66. The van der Waals surface area contributed by atoms with Gasteiger partial charge in [-0.25, -0.2) is 9.78 Å². The molecule has 0 unspecified atom stereocenters. The van der Waals surface area contributed by atoms with Gasteiger partial charge >= 0.3 is 5.69 Å². The van der Waals surface area contributed by atoms with Gasteiger partial charge in [-0.05, 0) is 36.8 Å². The number of pyridine rings is 1. The van der Waals surface area contributed by atoms with Crippen LogP contribution in [0.2, 0.25) is 0 Å². The summed E-state index contributed by atoms with van der Waals surface area (Å²) in [6.45, 7) is 2.27. The summed E-state index contributed by atoms with van der Waals surface area (Å²) in [5.74, 6) is -3.04. The maximum absolute atomic E-state index is 12.5.